The third kappa shape index (κ3) is 3.42. The van der Waals surface area contributed by atoms with Gasteiger partial charge in [-0.05, 0) is 5.92 Å². The van der Waals surface area contributed by atoms with Gasteiger partial charge >= 0.3 is 0 Å². The van der Waals surface area contributed by atoms with E-state index in [-0.39, 0.29) is 5.91 Å². The lowest BCUT2D eigenvalue weighted by molar-refractivity contribution is -0.116. The van der Waals surface area contributed by atoms with Gasteiger partial charge < -0.3 is 15.8 Å². The molecule has 0 saturated heterocycles. The lowest BCUT2D eigenvalue weighted by Gasteiger charge is -2.10. The molecule has 1 amide bonds. The Balaban J connectivity index is 2.76. The second-order valence-electron chi connectivity index (χ2n) is 3.97. The maximum absolute atomic E-state index is 11.5. The number of hydrogen-bond acceptors (Lipinski definition) is 4. The monoisotopic (exact) mass is 223 g/mol. The number of nitrogens with one attached hydrogen (secondary N) is 1. The largest absolute Gasteiger partial charge is 0.493 e. The SMILES string of the molecule is COc1cc(N)cnc1NC(=O)CC(C)C. The Bertz CT molecular complexity index is 377. The average Bonchev–Trinajstić information content (AvgIpc) is 2.19. The number of anilines is 2. The Morgan fingerprint density at radius 1 is 1.62 bits per heavy atom. The van der Waals surface area contributed by atoms with E-state index >= 15 is 0 Å². The minimum Gasteiger partial charge on any atom is -0.493 e. The van der Waals surface area contributed by atoms with Crippen LogP contribution < -0.4 is 15.8 Å². The molecular formula is C11H17N3O2. The van der Waals surface area contributed by atoms with E-state index in [0.29, 0.717) is 29.6 Å². The number of ether oxygens (including phenoxy) is 1. The molecule has 0 fully saturated rings. The van der Waals surface area contributed by atoms with Gasteiger partial charge in [0.2, 0.25) is 5.91 Å². The van der Waals surface area contributed by atoms with Crippen molar-refractivity contribution in [2.75, 3.05) is 18.2 Å². The van der Waals surface area contributed by atoms with Crippen LogP contribution in [0, 0.1) is 5.92 Å². The minimum absolute atomic E-state index is 0.0782. The first-order chi connectivity index (χ1) is 7.52. The van der Waals surface area contributed by atoms with Crippen LogP contribution in [0.1, 0.15) is 20.3 Å². The van der Waals surface area contributed by atoms with Crippen molar-refractivity contribution in [3.63, 3.8) is 0 Å². The highest BCUT2D eigenvalue weighted by Gasteiger charge is 2.10. The summed E-state index contributed by atoms with van der Waals surface area (Å²) in [6.45, 7) is 3.96. The summed E-state index contributed by atoms with van der Waals surface area (Å²) in [5, 5.41) is 2.69. The Hall–Kier alpha value is -1.78. The lowest BCUT2D eigenvalue weighted by atomic mass is 10.1. The molecule has 0 saturated carbocycles. The number of carbonyl (C=O) groups excluding carboxylic acids is 1. The van der Waals surface area contributed by atoms with Gasteiger partial charge in [-0.25, -0.2) is 4.98 Å². The zero-order valence-electron chi connectivity index (χ0n) is 9.78. The molecule has 1 aromatic rings. The van der Waals surface area contributed by atoms with Crippen molar-refractivity contribution in [3.05, 3.63) is 12.3 Å². The second-order valence-corrected chi connectivity index (χ2v) is 3.97. The molecule has 0 bridgehead atoms. The number of pyridine rings is 1. The number of aromatic nitrogens is 1. The zero-order chi connectivity index (χ0) is 12.1. The molecule has 0 aliphatic heterocycles. The van der Waals surface area contributed by atoms with Crippen molar-refractivity contribution < 1.29 is 9.53 Å². The van der Waals surface area contributed by atoms with Crippen LogP contribution in [0.2, 0.25) is 0 Å². The molecular weight excluding hydrogens is 206 g/mol. The molecule has 1 aromatic heterocycles. The van der Waals surface area contributed by atoms with E-state index in [9.17, 15) is 4.79 Å². The molecule has 16 heavy (non-hydrogen) atoms. The standard InChI is InChI=1S/C11H17N3O2/c1-7(2)4-10(15)14-11-9(16-3)5-8(12)6-13-11/h5-7H,4,12H2,1-3H3,(H,13,14,15). The normalized spacial score (nSPS) is 10.2. The number of carbonyl (C=O) groups is 1. The summed E-state index contributed by atoms with van der Waals surface area (Å²) in [7, 11) is 1.51. The van der Waals surface area contributed by atoms with Crippen molar-refractivity contribution in [1.29, 1.82) is 0 Å². The topological polar surface area (TPSA) is 77.2 Å². The summed E-state index contributed by atoms with van der Waals surface area (Å²) in [5.41, 5.74) is 6.06. The summed E-state index contributed by atoms with van der Waals surface area (Å²) in [6, 6.07) is 1.62. The molecule has 3 N–H and O–H groups in total. The van der Waals surface area contributed by atoms with E-state index in [1.807, 2.05) is 13.8 Å². The molecule has 0 aromatic carbocycles. The minimum atomic E-state index is -0.0782. The molecule has 0 spiro atoms. The highest BCUT2D eigenvalue weighted by Crippen LogP contribution is 2.23. The van der Waals surface area contributed by atoms with Crippen molar-refractivity contribution in [2.45, 2.75) is 20.3 Å². The van der Waals surface area contributed by atoms with Gasteiger partial charge in [0.05, 0.1) is 19.0 Å². The highest BCUT2D eigenvalue weighted by molar-refractivity contribution is 5.91. The molecule has 1 heterocycles. The number of rotatable bonds is 4. The predicted molar refractivity (Wildman–Crippen MR) is 63.3 cm³/mol. The fourth-order valence-electron chi connectivity index (χ4n) is 1.26. The maximum Gasteiger partial charge on any atom is 0.225 e. The Labute approximate surface area is 95.0 Å². The van der Waals surface area contributed by atoms with Gasteiger partial charge in [0.15, 0.2) is 11.6 Å². The third-order valence-corrected chi connectivity index (χ3v) is 1.95. The van der Waals surface area contributed by atoms with Crippen molar-refractivity contribution in [1.82, 2.24) is 4.98 Å². The molecule has 0 radical (unpaired) electrons. The molecule has 0 aliphatic rings. The zero-order valence-corrected chi connectivity index (χ0v) is 9.78. The quantitative estimate of drug-likeness (QED) is 0.813. The highest BCUT2D eigenvalue weighted by atomic mass is 16.5. The Morgan fingerprint density at radius 3 is 2.88 bits per heavy atom. The summed E-state index contributed by atoms with van der Waals surface area (Å²) < 4.78 is 5.07. The van der Waals surface area contributed by atoms with Gasteiger partial charge in [0.25, 0.3) is 0 Å². The lowest BCUT2D eigenvalue weighted by Crippen LogP contribution is -2.15. The third-order valence-electron chi connectivity index (χ3n) is 1.95. The summed E-state index contributed by atoms with van der Waals surface area (Å²) in [6.07, 6.45) is 1.93. The van der Waals surface area contributed by atoms with E-state index in [2.05, 4.69) is 10.3 Å². The fourth-order valence-corrected chi connectivity index (χ4v) is 1.26. The van der Waals surface area contributed by atoms with Crippen LogP contribution in [0.25, 0.3) is 0 Å². The number of nitrogens with two attached hydrogens (primary N) is 1. The van der Waals surface area contributed by atoms with Gasteiger partial charge in [-0.1, -0.05) is 13.8 Å². The first-order valence-corrected chi connectivity index (χ1v) is 5.12. The van der Waals surface area contributed by atoms with E-state index in [4.69, 9.17) is 10.5 Å². The summed E-state index contributed by atoms with van der Waals surface area (Å²) >= 11 is 0. The Morgan fingerprint density at radius 2 is 2.31 bits per heavy atom. The summed E-state index contributed by atoms with van der Waals surface area (Å²) in [4.78, 5) is 15.6. The molecule has 0 unspecified atom stereocenters. The van der Waals surface area contributed by atoms with Crippen LogP contribution in [0.3, 0.4) is 0 Å². The van der Waals surface area contributed by atoms with Crippen LogP contribution in [0.5, 0.6) is 5.75 Å². The number of hydrogen-bond donors (Lipinski definition) is 2. The molecule has 5 heteroatoms. The van der Waals surface area contributed by atoms with Gasteiger partial charge in [-0.2, -0.15) is 0 Å². The maximum atomic E-state index is 11.5. The molecule has 88 valence electrons. The van der Waals surface area contributed by atoms with E-state index in [0.717, 1.165) is 0 Å². The average molecular weight is 223 g/mol. The number of amides is 1. The second kappa shape index (κ2) is 5.34. The first kappa shape index (κ1) is 12.3. The van der Waals surface area contributed by atoms with Crippen LogP contribution in [-0.4, -0.2) is 18.0 Å². The number of methoxy groups -OCH3 is 1. The predicted octanol–water partition coefficient (Wildman–Crippen LogP) is 1.66. The first-order valence-electron chi connectivity index (χ1n) is 5.12. The van der Waals surface area contributed by atoms with Crippen molar-refractivity contribution in [2.24, 2.45) is 5.92 Å². The van der Waals surface area contributed by atoms with Gasteiger partial charge in [-0.15, -0.1) is 0 Å². The van der Waals surface area contributed by atoms with E-state index < -0.39 is 0 Å². The van der Waals surface area contributed by atoms with E-state index in [1.165, 1.54) is 13.3 Å². The van der Waals surface area contributed by atoms with Gasteiger partial charge in [0.1, 0.15) is 0 Å². The molecule has 0 aliphatic carbocycles. The number of nitrogen functional groups attached to an aromatic ring is 1. The van der Waals surface area contributed by atoms with Crippen molar-refractivity contribution >= 4 is 17.4 Å². The number of nitrogens with zero attached hydrogens (tertiary/aromatic N) is 1. The van der Waals surface area contributed by atoms with Crippen LogP contribution >= 0.6 is 0 Å². The van der Waals surface area contributed by atoms with Crippen LogP contribution in [0.4, 0.5) is 11.5 Å². The fraction of sp³-hybridized carbons (Fsp3) is 0.455. The summed E-state index contributed by atoms with van der Waals surface area (Å²) in [5.74, 6) is 1.10. The Kier molecular flexibility index (Phi) is 4.10. The van der Waals surface area contributed by atoms with E-state index in [1.54, 1.807) is 6.07 Å². The van der Waals surface area contributed by atoms with Crippen molar-refractivity contribution in [3.8, 4) is 5.75 Å². The molecule has 0 atom stereocenters. The van der Waals surface area contributed by atoms with Crippen LogP contribution in [-0.2, 0) is 4.79 Å². The molecule has 1 rings (SSSR count). The van der Waals surface area contributed by atoms with Gasteiger partial charge in [0, 0.05) is 12.5 Å². The van der Waals surface area contributed by atoms with Gasteiger partial charge in [-0.3, -0.25) is 4.79 Å². The van der Waals surface area contributed by atoms with Crippen LogP contribution in [0.15, 0.2) is 12.3 Å². The smallest absolute Gasteiger partial charge is 0.225 e. The molecule has 5 nitrogen and oxygen atoms in total.